The first-order valence-corrected chi connectivity index (χ1v) is 5.87. The second kappa shape index (κ2) is 6.83. The molecule has 0 atom stereocenters. The van der Waals surface area contributed by atoms with Crippen molar-refractivity contribution in [3.63, 3.8) is 0 Å². The van der Waals surface area contributed by atoms with Crippen molar-refractivity contribution in [2.24, 2.45) is 11.3 Å². The predicted molar refractivity (Wildman–Crippen MR) is 62.6 cm³/mol. The highest BCUT2D eigenvalue weighted by Gasteiger charge is 2.25. The first-order valence-electron chi connectivity index (χ1n) is 5.87. The average Bonchev–Trinajstić information content (AvgIpc) is 2.20. The number of hydrogen-bond acceptors (Lipinski definition) is 2. The standard InChI is InChI=1S/C12H25NO2/c1-5-12(6-2,9-14)8-13-11(15)7-10(3)4/h10,14H,5-9H2,1-4H3,(H,13,15). The molecule has 0 unspecified atom stereocenters. The molecule has 90 valence electrons. The van der Waals surface area contributed by atoms with Crippen LogP contribution < -0.4 is 5.32 Å². The van der Waals surface area contributed by atoms with Crippen molar-refractivity contribution in [1.29, 1.82) is 0 Å². The fraction of sp³-hybridized carbons (Fsp3) is 0.917. The minimum Gasteiger partial charge on any atom is -0.396 e. The fourth-order valence-electron chi connectivity index (χ4n) is 1.51. The molecule has 0 aliphatic rings. The SMILES string of the molecule is CCC(CC)(CO)CNC(=O)CC(C)C. The summed E-state index contributed by atoms with van der Waals surface area (Å²) in [7, 11) is 0. The van der Waals surface area contributed by atoms with Gasteiger partial charge >= 0.3 is 0 Å². The largest absolute Gasteiger partial charge is 0.396 e. The predicted octanol–water partition coefficient (Wildman–Crippen LogP) is 1.95. The van der Waals surface area contributed by atoms with E-state index in [0.29, 0.717) is 18.9 Å². The van der Waals surface area contributed by atoms with E-state index in [2.05, 4.69) is 5.32 Å². The Labute approximate surface area is 93.3 Å². The number of aliphatic hydroxyl groups is 1. The van der Waals surface area contributed by atoms with E-state index in [4.69, 9.17) is 0 Å². The Morgan fingerprint density at radius 1 is 1.33 bits per heavy atom. The van der Waals surface area contributed by atoms with Gasteiger partial charge in [-0.3, -0.25) is 4.79 Å². The van der Waals surface area contributed by atoms with Crippen molar-refractivity contribution in [2.75, 3.05) is 13.2 Å². The summed E-state index contributed by atoms with van der Waals surface area (Å²) in [5.74, 6) is 0.474. The molecule has 0 aromatic rings. The van der Waals surface area contributed by atoms with Gasteiger partial charge in [-0.05, 0) is 18.8 Å². The van der Waals surface area contributed by atoms with Crippen LogP contribution >= 0.6 is 0 Å². The van der Waals surface area contributed by atoms with Crippen LogP contribution in [0.4, 0.5) is 0 Å². The Balaban J connectivity index is 4.05. The normalized spacial score (nSPS) is 11.9. The molecule has 0 aliphatic heterocycles. The minimum absolute atomic E-state index is 0.0877. The highest BCUT2D eigenvalue weighted by molar-refractivity contribution is 5.76. The van der Waals surface area contributed by atoms with Crippen LogP contribution in [-0.2, 0) is 4.79 Å². The molecule has 15 heavy (non-hydrogen) atoms. The molecule has 0 aromatic heterocycles. The number of carbonyl (C=O) groups excluding carboxylic acids is 1. The van der Waals surface area contributed by atoms with Crippen molar-refractivity contribution in [3.05, 3.63) is 0 Å². The van der Waals surface area contributed by atoms with E-state index in [1.807, 2.05) is 27.7 Å². The molecule has 0 bridgehead atoms. The average molecular weight is 215 g/mol. The zero-order chi connectivity index (χ0) is 11.9. The molecule has 0 saturated heterocycles. The third-order valence-electron chi connectivity index (χ3n) is 3.09. The van der Waals surface area contributed by atoms with Crippen LogP contribution in [0.3, 0.4) is 0 Å². The van der Waals surface area contributed by atoms with Crippen LogP contribution in [0.15, 0.2) is 0 Å². The second-order valence-electron chi connectivity index (χ2n) is 4.74. The van der Waals surface area contributed by atoms with E-state index in [-0.39, 0.29) is 17.9 Å². The van der Waals surface area contributed by atoms with Crippen LogP contribution in [0.5, 0.6) is 0 Å². The van der Waals surface area contributed by atoms with Gasteiger partial charge in [-0.2, -0.15) is 0 Å². The van der Waals surface area contributed by atoms with Crippen molar-refractivity contribution in [3.8, 4) is 0 Å². The molecule has 1 amide bonds. The number of carbonyl (C=O) groups is 1. The van der Waals surface area contributed by atoms with Crippen LogP contribution in [-0.4, -0.2) is 24.2 Å². The summed E-state index contributed by atoms with van der Waals surface area (Å²) in [5, 5.41) is 12.2. The van der Waals surface area contributed by atoms with Crippen molar-refractivity contribution in [1.82, 2.24) is 5.32 Å². The van der Waals surface area contributed by atoms with Gasteiger partial charge in [0, 0.05) is 18.4 Å². The summed E-state index contributed by atoms with van der Waals surface area (Å²) in [4.78, 5) is 11.5. The van der Waals surface area contributed by atoms with Gasteiger partial charge < -0.3 is 10.4 Å². The van der Waals surface area contributed by atoms with Crippen molar-refractivity contribution in [2.45, 2.75) is 47.0 Å². The zero-order valence-corrected chi connectivity index (χ0v) is 10.5. The monoisotopic (exact) mass is 215 g/mol. The summed E-state index contributed by atoms with van der Waals surface area (Å²) in [6.07, 6.45) is 2.35. The van der Waals surface area contributed by atoms with E-state index in [9.17, 15) is 9.90 Å². The highest BCUT2D eigenvalue weighted by atomic mass is 16.3. The molecule has 0 spiro atoms. The first-order chi connectivity index (χ1) is 6.99. The van der Waals surface area contributed by atoms with Crippen molar-refractivity contribution >= 4 is 5.91 Å². The molecule has 3 heteroatoms. The van der Waals surface area contributed by atoms with Gasteiger partial charge in [-0.15, -0.1) is 0 Å². The molecule has 0 fully saturated rings. The Kier molecular flexibility index (Phi) is 6.57. The van der Waals surface area contributed by atoms with Gasteiger partial charge in [-0.25, -0.2) is 0 Å². The van der Waals surface area contributed by atoms with Crippen LogP contribution in [0.2, 0.25) is 0 Å². The molecule has 0 saturated carbocycles. The molecule has 0 heterocycles. The van der Waals surface area contributed by atoms with Gasteiger partial charge in [0.15, 0.2) is 0 Å². The molecule has 2 N–H and O–H groups in total. The molecule has 3 nitrogen and oxygen atoms in total. The summed E-state index contributed by atoms with van der Waals surface area (Å²) < 4.78 is 0. The summed E-state index contributed by atoms with van der Waals surface area (Å²) in [6, 6.07) is 0. The second-order valence-corrected chi connectivity index (χ2v) is 4.74. The molecule has 0 aromatic carbocycles. The van der Waals surface area contributed by atoms with Gasteiger partial charge in [-0.1, -0.05) is 27.7 Å². The minimum atomic E-state index is -0.132. The Morgan fingerprint density at radius 2 is 1.87 bits per heavy atom. The lowest BCUT2D eigenvalue weighted by molar-refractivity contribution is -0.122. The highest BCUT2D eigenvalue weighted by Crippen LogP contribution is 2.24. The fourth-order valence-corrected chi connectivity index (χ4v) is 1.51. The smallest absolute Gasteiger partial charge is 0.220 e. The van der Waals surface area contributed by atoms with Gasteiger partial charge in [0.25, 0.3) is 0 Å². The first kappa shape index (κ1) is 14.4. The van der Waals surface area contributed by atoms with Crippen molar-refractivity contribution < 1.29 is 9.90 Å². The van der Waals surface area contributed by atoms with Gasteiger partial charge in [0.1, 0.15) is 0 Å². The summed E-state index contributed by atoms with van der Waals surface area (Å²) in [6.45, 7) is 8.88. The lowest BCUT2D eigenvalue weighted by atomic mass is 9.83. The Morgan fingerprint density at radius 3 is 2.20 bits per heavy atom. The third kappa shape index (κ3) is 5.17. The lowest BCUT2D eigenvalue weighted by Crippen LogP contribution is -2.39. The number of rotatable bonds is 7. The third-order valence-corrected chi connectivity index (χ3v) is 3.09. The quantitative estimate of drug-likeness (QED) is 0.682. The zero-order valence-electron chi connectivity index (χ0n) is 10.5. The van der Waals surface area contributed by atoms with Crippen LogP contribution in [0.25, 0.3) is 0 Å². The Hall–Kier alpha value is -0.570. The summed E-state index contributed by atoms with van der Waals surface area (Å²) >= 11 is 0. The summed E-state index contributed by atoms with van der Waals surface area (Å²) in [5.41, 5.74) is -0.132. The molecule has 0 radical (unpaired) electrons. The number of aliphatic hydroxyl groups excluding tert-OH is 1. The van der Waals surface area contributed by atoms with Crippen LogP contribution in [0.1, 0.15) is 47.0 Å². The van der Waals surface area contributed by atoms with Crippen LogP contribution in [0, 0.1) is 11.3 Å². The van der Waals surface area contributed by atoms with Gasteiger partial charge in [0.2, 0.25) is 5.91 Å². The maximum atomic E-state index is 11.5. The number of nitrogens with one attached hydrogen (secondary N) is 1. The van der Waals surface area contributed by atoms with E-state index >= 15 is 0 Å². The number of hydrogen-bond donors (Lipinski definition) is 2. The van der Waals surface area contributed by atoms with E-state index in [1.54, 1.807) is 0 Å². The maximum absolute atomic E-state index is 11.5. The topological polar surface area (TPSA) is 49.3 Å². The van der Waals surface area contributed by atoms with Gasteiger partial charge in [0.05, 0.1) is 6.61 Å². The molecular formula is C12H25NO2. The molecule has 0 aliphatic carbocycles. The lowest BCUT2D eigenvalue weighted by Gasteiger charge is -2.29. The Bertz CT molecular complexity index is 178. The molecular weight excluding hydrogens is 190 g/mol. The van der Waals surface area contributed by atoms with E-state index in [0.717, 1.165) is 12.8 Å². The van der Waals surface area contributed by atoms with E-state index in [1.165, 1.54) is 0 Å². The maximum Gasteiger partial charge on any atom is 0.220 e. The number of amides is 1. The molecule has 0 rings (SSSR count). The van der Waals surface area contributed by atoms with E-state index < -0.39 is 0 Å².